The Labute approximate surface area is 194 Å². The van der Waals surface area contributed by atoms with E-state index >= 15 is 0 Å². The number of hydrogen-bond donors (Lipinski definition) is 0. The van der Waals surface area contributed by atoms with E-state index in [0.717, 1.165) is 10.6 Å². The molecule has 0 aliphatic carbocycles. The van der Waals surface area contributed by atoms with Crippen molar-refractivity contribution in [2.24, 2.45) is 0 Å². The minimum atomic E-state index is 0.748. The number of rotatable bonds is 1. The van der Waals surface area contributed by atoms with E-state index in [2.05, 4.69) is 99.8 Å². The first-order chi connectivity index (χ1) is 16.3. The largest absolute Gasteiger partial charge is 0.305 e. The number of fused-ring (bicyclic) bond motifs is 9. The minimum Gasteiger partial charge on any atom is -0.305 e. The van der Waals surface area contributed by atoms with Crippen molar-refractivity contribution in [1.82, 2.24) is 8.80 Å². The lowest BCUT2D eigenvalue weighted by atomic mass is 10.0. The fourth-order valence-electron chi connectivity index (χ4n) is 5.82. The predicted octanol–water partition coefficient (Wildman–Crippen LogP) is 8.56. The molecule has 0 bridgehead atoms. The van der Waals surface area contributed by atoms with Crippen molar-refractivity contribution in [3.63, 3.8) is 0 Å². The van der Waals surface area contributed by atoms with Gasteiger partial charge in [-0.25, -0.2) is 0 Å². The van der Waals surface area contributed by atoms with Crippen LogP contribution in [0.25, 0.3) is 65.8 Å². The fraction of sp³-hybridized carbons (Fsp3) is 0. The summed E-state index contributed by atoms with van der Waals surface area (Å²) in [7, 11) is 0. The van der Waals surface area contributed by atoms with E-state index in [-0.39, 0.29) is 0 Å². The van der Waals surface area contributed by atoms with Gasteiger partial charge in [0.15, 0.2) is 0 Å². The van der Waals surface area contributed by atoms with Gasteiger partial charge in [0.2, 0.25) is 0 Å². The van der Waals surface area contributed by atoms with Gasteiger partial charge >= 0.3 is 0 Å². The van der Waals surface area contributed by atoms with E-state index in [0.29, 0.717) is 0 Å². The van der Waals surface area contributed by atoms with Crippen LogP contribution in [0.4, 0.5) is 0 Å². The van der Waals surface area contributed by atoms with Crippen molar-refractivity contribution in [2.45, 2.75) is 0 Å². The molecule has 3 heteroatoms. The SMILES string of the molecule is Clc1cccc(-c2cccc3c2n2c4ccccc4c4ccc5c6ccccc6n3c5c42)c1. The first kappa shape index (κ1) is 17.5. The van der Waals surface area contributed by atoms with E-state index in [1.807, 2.05) is 12.1 Å². The number of nitrogens with zero attached hydrogens (tertiary/aromatic N) is 2. The third kappa shape index (κ3) is 2.10. The molecule has 0 aliphatic heterocycles. The van der Waals surface area contributed by atoms with Gasteiger partial charge in [0.1, 0.15) is 0 Å². The molecule has 0 saturated heterocycles. The predicted molar refractivity (Wildman–Crippen MR) is 140 cm³/mol. The van der Waals surface area contributed by atoms with E-state index in [4.69, 9.17) is 11.6 Å². The molecule has 5 aromatic carbocycles. The zero-order chi connectivity index (χ0) is 21.7. The molecule has 154 valence electrons. The van der Waals surface area contributed by atoms with E-state index < -0.39 is 0 Å². The van der Waals surface area contributed by atoms with Gasteiger partial charge < -0.3 is 8.80 Å². The monoisotopic (exact) mass is 440 g/mol. The summed E-state index contributed by atoms with van der Waals surface area (Å²) in [6, 6.07) is 36.8. The van der Waals surface area contributed by atoms with Gasteiger partial charge in [-0.05, 0) is 35.9 Å². The maximum Gasteiger partial charge on any atom is 0.0789 e. The second kappa shape index (κ2) is 6.06. The Hall–Kier alpha value is -4.01. The van der Waals surface area contributed by atoms with Crippen molar-refractivity contribution in [3.8, 4) is 11.1 Å². The summed E-state index contributed by atoms with van der Waals surface area (Å²) in [5, 5.41) is 5.89. The molecule has 3 heterocycles. The summed E-state index contributed by atoms with van der Waals surface area (Å²) in [5.74, 6) is 0. The maximum atomic E-state index is 6.43. The van der Waals surface area contributed by atoms with Gasteiger partial charge in [-0.1, -0.05) is 84.4 Å². The molecule has 0 N–H and O–H groups in total. The topological polar surface area (TPSA) is 8.82 Å². The van der Waals surface area contributed by atoms with Gasteiger partial charge in [-0.3, -0.25) is 0 Å². The second-order valence-corrected chi connectivity index (χ2v) is 9.18. The van der Waals surface area contributed by atoms with Crippen LogP contribution in [0.15, 0.2) is 103 Å². The minimum absolute atomic E-state index is 0.748. The quantitative estimate of drug-likeness (QED) is 0.226. The Morgan fingerprint density at radius 3 is 1.79 bits per heavy atom. The third-order valence-electron chi connectivity index (χ3n) is 7.08. The highest BCUT2D eigenvalue weighted by Gasteiger charge is 2.22. The van der Waals surface area contributed by atoms with Crippen molar-refractivity contribution < 1.29 is 0 Å². The summed E-state index contributed by atoms with van der Waals surface area (Å²) in [6.07, 6.45) is 0. The zero-order valence-corrected chi connectivity index (χ0v) is 18.3. The first-order valence-electron chi connectivity index (χ1n) is 11.2. The molecule has 0 unspecified atom stereocenters. The van der Waals surface area contributed by atoms with Crippen molar-refractivity contribution >= 4 is 66.2 Å². The van der Waals surface area contributed by atoms with Crippen LogP contribution in [-0.2, 0) is 0 Å². The lowest BCUT2D eigenvalue weighted by Gasteiger charge is -2.15. The molecule has 3 aromatic heterocycles. The molecule has 0 atom stereocenters. The molecular formula is C30H17ClN2. The lowest BCUT2D eigenvalue weighted by Crippen LogP contribution is -1.99. The molecule has 0 aliphatic rings. The standard InChI is InChI=1S/C30H17ClN2/c31-19-8-5-7-18(17-19)20-11-6-14-27-28(20)33-26-13-4-2-10-22(26)24-16-15-23-21-9-1-3-12-25(21)32(27)29(23)30(24)33/h1-17H. The lowest BCUT2D eigenvalue weighted by molar-refractivity contribution is 1.26. The van der Waals surface area contributed by atoms with Crippen LogP contribution in [0.5, 0.6) is 0 Å². The van der Waals surface area contributed by atoms with E-state index in [1.165, 1.54) is 60.2 Å². The smallest absolute Gasteiger partial charge is 0.0789 e. The van der Waals surface area contributed by atoms with Crippen LogP contribution >= 0.6 is 11.6 Å². The van der Waals surface area contributed by atoms with Crippen molar-refractivity contribution in [1.29, 1.82) is 0 Å². The van der Waals surface area contributed by atoms with Crippen molar-refractivity contribution in [3.05, 3.63) is 108 Å². The Morgan fingerprint density at radius 2 is 1.06 bits per heavy atom. The molecule has 0 saturated carbocycles. The van der Waals surface area contributed by atoms with Crippen molar-refractivity contribution in [2.75, 3.05) is 0 Å². The van der Waals surface area contributed by atoms with E-state index in [1.54, 1.807) is 0 Å². The molecule has 2 nitrogen and oxygen atoms in total. The summed E-state index contributed by atoms with van der Waals surface area (Å²) < 4.78 is 4.92. The number of halogens is 1. The summed E-state index contributed by atoms with van der Waals surface area (Å²) in [4.78, 5) is 0. The van der Waals surface area contributed by atoms with Gasteiger partial charge in [0.25, 0.3) is 0 Å². The second-order valence-electron chi connectivity index (χ2n) is 8.75. The third-order valence-corrected chi connectivity index (χ3v) is 7.32. The average molecular weight is 441 g/mol. The number of aromatic nitrogens is 2. The molecule has 0 radical (unpaired) electrons. The van der Waals surface area contributed by atoms with Crippen LogP contribution in [0, 0.1) is 0 Å². The number of hydrogen-bond acceptors (Lipinski definition) is 0. The Morgan fingerprint density at radius 1 is 0.455 bits per heavy atom. The molecule has 33 heavy (non-hydrogen) atoms. The molecule has 0 amide bonds. The molecule has 0 fully saturated rings. The highest BCUT2D eigenvalue weighted by Crippen LogP contribution is 2.43. The zero-order valence-electron chi connectivity index (χ0n) is 17.6. The van der Waals surface area contributed by atoms with Crippen LogP contribution < -0.4 is 0 Å². The normalized spacial score (nSPS) is 12.4. The number of para-hydroxylation sites is 3. The van der Waals surface area contributed by atoms with Crippen LogP contribution in [-0.4, -0.2) is 8.80 Å². The van der Waals surface area contributed by atoms with Gasteiger partial charge in [-0.2, -0.15) is 0 Å². The molecule has 8 aromatic rings. The Balaban J connectivity index is 1.78. The maximum absolute atomic E-state index is 6.43. The number of benzene rings is 5. The van der Waals surface area contributed by atoms with Gasteiger partial charge in [0.05, 0.1) is 33.1 Å². The molecule has 8 rings (SSSR count). The van der Waals surface area contributed by atoms with E-state index in [9.17, 15) is 0 Å². The summed E-state index contributed by atoms with van der Waals surface area (Å²) in [6.45, 7) is 0. The Bertz CT molecular complexity index is 2040. The van der Waals surface area contributed by atoms with Crippen LogP contribution in [0.3, 0.4) is 0 Å². The summed E-state index contributed by atoms with van der Waals surface area (Å²) >= 11 is 6.43. The first-order valence-corrected chi connectivity index (χ1v) is 11.5. The van der Waals surface area contributed by atoms with Crippen LogP contribution in [0.1, 0.15) is 0 Å². The van der Waals surface area contributed by atoms with Gasteiger partial charge in [0, 0.05) is 32.1 Å². The average Bonchev–Trinajstić information content (AvgIpc) is 3.37. The summed E-state index contributed by atoms with van der Waals surface area (Å²) in [5.41, 5.74) is 9.71. The Kier molecular flexibility index (Phi) is 3.22. The fourth-order valence-corrected chi connectivity index (χ4v) is 6.01. The van der Waals surface area contributed by atoms with Gasteiger partial charge in [-0.15, -0.1) is 0 Å². The highest BCUT2D eigenvalue weighted by molar-refractivity contribution is 6.31. The molecule has 0 spiro atoms. The highest BCUT2D eigenvalue weighted by atomic mass is 35.5. The van der Waals surface area contributed by atoms with Crippen LogP contribution in [0.2, 0.25) is 5.02 Å². The molecular weight excluding hydrogens is 424 g/mol.